The molecule has 0 atom stereocenters. The zero-order chi connectivity index (χ0) is 34.1. The second-order valence-corrected chi connectivity index (χ2v) is 13.9. The average molecular weight is 653 g/mol. The summed E-state index contributed by atoms with van der Waals surface area (Å²) in [4.78, 5) is 33.0. The number of nitrogens with one attached hydrogen (secondary N) is 1. The van der Waals surface area contributed by atoms with Crippen LogP contribution in [0.3, 0.4) is 0 Å². The Labute approximate surface area is 285 Å². The van der Waals surface area contributed by atoms with E-state index in [0.29, 0.717) is 18.8 Å². The summed E-state index contributed by atoms with van der Waals surface area (Å²) in [7, 11) is 0. The molecule has 8 heteroatoms. The number of urea groups is 1. The van der Waals surface area contributed by atoms with Gasteiger partial charge in [-0.2, -0.15) is 0 Å². The first-order chi connectivity index (χ1) is 23.1. The minimum atomic E-state index is -0.725. The van der Waals surface area contributed by atoms with E-state index in [1.54, 1.807) is 6.07 Å². The molecule has 1 fully saturated rings. The Bertz CT molecular complexity index is 1670. The number of para-hydroxylation sites is 1. The fraction of sp³-hybridized carbons (Fsp3) is 0.475. The van der Waals surface area contributed by atoms with Crippen LogP contribution in [0, 0.1) is 0 Å². The summed E-state index contributed by atoms with van der Waals surface area (Å²) in [5.74, 6) is 1.51. The summed E-state index contributed by atoms with van der Waals surface area (Å²) in [5.41, 5.74) is 5.13. The predicted octanol–water partition coefficient (Wildman–Crippen LogP) is 10.1. The van der Waals surface area contributed by atoms with Crippen LogP contribution in [0.15, 0.2) is 66.7 Å². The van der Waals surface area contributed by atoms with Crippen LogP contribution in [-0.2, 0) is 17.7 Å². The van der Waals surface area contributed by atoms with Crippen LogP contribution in [0.4, 0.5) is 15.3 Å². The molecule has 5 rings (SSSR count). The van der Waals surface area contributed by atoms with Crippen molar-refractivity contribution in [3.63, 3.8) is 0 Å². The molecular weight excluding hydrogens is 600 g/mol. The lowest BCUT2D eigenvalue weighted by molar-refractivity contribution is 0.0207. The Kier molecular flexibility index (Phi) is 11.8. The Hall–Kier alpha value is -4.33. The van der Waals surface area contributed by atoms with Gasteiger partial charge in [0.15, 0.2) is 0 Å². The topological polar surface area (TPSA) is 85.7 Å². The summed E-state index contributed by atoms with van der Waals surface area (Å²) < 4.78 is 13.3. The molecule has 1 aliphatic carbocycles. The van der Waals surface area contributed by atoms with Crippen LogP contribution in [0.25, 0.3) is 22.2 Å². The molecule has 0 saturated heterocycles. The van der Waals surface area contributed by atoms with Crippen LogP contribution in [0.5, 0.6) is 5.75 Å². The number of nitrogens with zero attached hydrogens (tertiary/aromatic N) is 3. The second kappa shape index (κ2) is 16.2. The monoisotopic (exact) mass is 652 g/mol. The van der Waals surface area contributed by atoms with E-state index in [0.717, 1.165) is 84.2 Å². The highest BCUT2D eigenvalue weighted by atomic mass is 16.7. The average Bonchev–Trinajstić information content (AvgIpc) is 3.40. The minimum absolute atomic E-state index is 0.00140. The summed E-state index contributed by atoms with van der Waals surface area (Å²) in [6.45, 7) is 11.1. The molecule has 1 saturated carbocycles. The van der Waals surface area contributed by atoms with E-state index in [9.17, 15) is 9.59 Å². The van der Waals surface area contributed by atoms with Gasteiger partial charge in [0.25, 0.3) is 0 Å². The summed E-state index contributed by atoms with van der Waals surface area (Å²) in [6, 6.07) is 22.4. The number of unbranched alkanes of at least 4 members (excludes halogenated alkanes) is 2. The van der Waals surface area contributed by atoms with Gasteiger partial charge in [-0.05, 0) is 81.8 Å². The standard InChI is InChI=1S/C40H52N4O4/c1-6-8-19-37-42-34-25-24-32(43(26-9-7-2)38(45)41-31-15-11-10-12-16-31)27-35(34)44(37)28-29-20-22-30(23-21-29)33-17-13-14-18-36(33)47-39(46)48-40(3,4)5/h13-14,17-18,20-25,27,31H,6-12,15-16,19,26,28H2,1-5H3,(H,41,45). The molecule has 8 nitrogen and oxygen atoms in total. The van der Waals surface area contributed by atoms with Gasteiger partial charge in [-0.15, -0.1) is 0 Å². The molecule has 256 valence electrons. The number of imidazole rings is 1. The number of hydrogen-bond acceptors (Lipinski definition) is 5. The largest absolute Gasteiger partial charge is 0.514 e. The highest BCUT2D eigenvalue weighted by Crippen LogP contribution is 2.32. The normalized spacial score (nSPS) is 13.8. The second-order valence-electron chi connectivity index (χ2n) is 13.9. The molecule has 1 N–H and O–H groups in total. The van der Waals surface area contributed by atoms with Crippen LogP contribution in [0.1, 0.15) is 104 Å². The lowest BCUT2D eigenvalue weighted by atomic mass is 9.96. The van der Waals surface area contributed by atoms with Crippen LogP contribution < -0.4 is 15.0 Å². The van der Waals surface area contributed by atoms with Gasteiger partial charge < -0.3 is 19.4 Å². The van der Waals surface area contributed by atoms with Gasteiger partial charge in [0.05, 0.1) is 11.0 Å². The highest BCUT2D eigenvalue weighted by Gasteiger charge is 2.23. The van der Waals surface area contributed by atoms with Crippen molar-refractivity contribution in [2.75, 3.05) is 11.4 Å². The van der Waals surface area contributed by atoms with Crippen molar-refractivity contribution in [2.45, 2.75) is 117 Å². The first kappa shape index (κ1) is 35.0. The van der Waals surface area contributed by atoms with Crippen molar-refractivity contribution in [3.8, 4) is 16.9 Å². The van der Waals surface area contributed by atoms with Crippen molar-refractivity contribution in [2.24, 2.45) is 0 Å². The lowest BCUT2D eigenvalue weighted by Crippen LogP contribution is -2.46. The van der Waals surface area contributed by atoms with Gasteiger partial charge in [0, 0.05) is 36.8 Å². The van der Waals surface area contributed by atoms with E-state index >= 15 is 0 Å². The van der Waals surface area contributed by atoms with Gasteiger partial charge in [-0.3, -0.25) is 4.90 Å². The third kappa shape index (κ3) is 9.18. The number of rotatable bonds is 12. The van der Waals surface area contributed by atoms with Crippen molar-refractivity contribution in [1.82, 2.24) is 14.9 Å². The summed E-state index contributed by atoms with van der Waals surface area (Å²) in [5, 5.41) is 3.33. The van der Waals surface area contributed by atoms with Crippen molar-refractivity contribution in [1.29, 1.82) is 0 Å². The molecule has 0 radical (unpaired) electrons. The number of carbonyl (C=O) groups excluding carboxylic acids is 2. The van der Waals surface area contributed by atoms with E-state index in [1.165, 1.54) is 19.3 Å². The van der Waals surface area contributed by atoms with E-state index in [4.69, 9.17) is 14.5 Å². The Morgan fingerprint density at radius 3 is 2.38 bits per heavy atom. The van der Waals surface area contributed by atoms with Gasteiger partial charge in [0.2, 0.25) is 0 Å². The fourth-order valence-corrected chi connectivity index (χ4v) is 6.32. The maximum absolute atomic E-state index is 13.6. The molecule has 2 amide bonds. The maximum Gasteiger partial charge on any atom is 0.514 e. The number of hydrogen-bond donors (Lipinski definition) is 1. The van der Waals surface area contributed by atoms with E-state index in [-0.39, 0.29) is 12.1 Å². The molecule has 0 bridgehead atoms. The Morgan fingerprint density at radius 1 is 0.938 bits per heavy atom. The van der Waals surface area contributed by atoms with Crippen LogP contribution in [0.2, 0.25) is 0 Å². The molecule has 0 aliphatic heterocycles. The Balaban J connectivity index is 1.42. The minimum Gasteiger partial charge on any atom is -0.428 e. The molecule has 1 heterocycles. The molecule has 1 aromatic heterocycles. The van der Waals surface area contributed by atoms with Gasteiger partial charge >= 0.3 is 12.2 Å². The first-order valence-electron chi connectivity index (χ1n) is 17.8. The number of ether oxygens (including phenoxy) is 2. The van der Waals surface area contributed by atoms with Gasteiger partial charge in [0.1, 0.15) is 17.2 Å². The molecule has 4 aromatic rings. The number of aromatic nitrogens is 2. The fourth-order valence-electron chi connectivity index (χ4n) is 6.32. The SMILES string of the molecule is CCCCc1nc2ccc(N(CCCC)C(=O)NC3CCCCC3)cc2n1Cc1ccc(-c2ccccc2OC(=O)OC(C)(C)C)cc1. The molecule has 48 heavy (non-hydrogen) atoms. The third-order valence-electron chi connectivity index (χ3n) is 8.87. The number of anilines is 1. The van der Waals surface area contributed by atoms with Crippen LogP contribution in [-0.4, -0.2) is 39.9 Å². The lowest BCUT2D eigenvalue weighted by Gasteiger charge is -2.28. The number of amides is 2. The maximum atomic E-state index is 13.6. The summed E-state index contributed by atoms with van der Waals surface area (Å²) >= 11 is 0. The zero-order valence-corrected chi connectivity index (χ0v) is 29.4. The first-order valence-corrected chi connectivity index (χ1v) is 17.8. The van der Waals surface area contributed by atoms with Crippen LogP contribution >= 0.6 is 0 Å². The number of aryl methyl sites for hydroxylation is 1. The number of carbonyl (C=O) groups is 2. The van der Waals surface area contributed by atoms with E-state index in [1.807, 2.05) is 49.9 Å². The summed E-state index contributed by atoms with van der Waals surface area (Å²) in [6.07, 6.45) is 9.98. The third-order valence-corrected chi connectivity index (χ3v) is 8.87. The smallest absolute Gasteiger partial charge is 0.428 e. The van der Waals surface area contributed by atoms with Crippen molar-refractivity contribution in [3.05, 3.63) is 78.1 Å². The van der Waals surface area contributed by atoms with E-state index < -0.39 is 11.8 Å². The molecule has 1 aliphatic rings. The number of benzene rings is 3. The van der Waals surface area contributed by atoms with E-state index in [2.05, 4.69) is 60.1 Å². The highest BCUT2D eigenvalue weighted by molar-refractivity contribution is 5.94. The molecular formula is C40H52N4O4. The quantitative estimate of drug-likeness (QED) is 0.122. The molecule has 0 unspecified atom stereocenters. The number of fused-ring (bicyclic) bond motifs is 1. The van der Waals surface area contributed by atoms with Crippen molar-refractivity contribution < 1.29 is 19.1 Å². The van der Waals surface area contributed by atoms with Gasteiger partial charge in [-0.25, -0.2) is 14.6 Å². The zero-order valence-electron chi connectivity index (χ0n) is 29.4. The predicted molar refractivity (Wildman–Crippen MR) is 194 cm³/mol. The van der Waals surface area contributed by atoms with Gasteiger partial charge in [-0.1, -0.05) is 88.4 Å². The van der Waals surface area contributed by atoms with Crippen molar-refractivity contribution >= 4 is 28.9 Å². The molecule has 3 aromatic carbocycles. The Morgan fingerprint density at radius 2 is 1.67 bits per heavy atom. The molecule has 0 spiro atoms.